The molecule has 0 bridgehead atoms. The molecule has 5 heteroatoms. The van der Waals surface area contributed by atoms with Crippen LogP contribution in [0.15, 0.2) is 24.3 Å². The van der Waals surface area contributed by atoms with E-state index in [4.69, 9.17) is 16.4 Å². The van der Waals surface area contributed by atoms with E-state index in [9.17, 15) is 9.90 Å². The first-order valence-electron chi connectivity index (χ1n) is 5.28. The van der Waals surface area contributed by atoms with Crippen LogP contribution in [0.4, 0.5) is 5.69 Å². The van der Waals surface area contributed by atoms with Crippen molar-refractivity contribution < 1.29 is 14.7 Å². The van der Waals surface area contributed by atoms with Crippen molar-refractivity contribution >= 4 is 23.2 Å². The van der Waals surface area contributed by atoms with Crippen molar-refractivity contribution in [1.82, 2.24) is 0 Å². The fourth-order valence-corrected chi connectivity index (χ4v) is 1.77. The Morgan fingerprint density at radius 1 is 1.29 bits per heavy atom. The van der Waals surface area contributed by atoms with Crippen LogP contribution in [0.2, 0.25) is 5.02 Å². The van der Waals surface area contributed by atoms with Crippen LogP contribution >= 0.6 is 11.6 Å². The van der Waals surface area contributed by atoms with E-state index < -0.39 is 11.2 Å². The molecular weight excluding hydrogens is 242 g/mol. The molecule has 1 unspecified atom stereocenters. The number of hydrogen-bond acceptors (Lipinski definition) is 3. The van der Waals surface area contributed by atoms with Crippen molar-refractivity contribution in [2.75, 3.05) is 5.06 Å². The number of nitrogens with zero attached hydrogens (tertiary/aromatic N) is 1. The number of rotatable bonds is 1. The summed E-state index contributed by atoms with van der Waals surface area (Å²) in [5.74, 6) is -1.88. The van der Waals surface area contributed by atoms with E-state index >= 15 is 0 Å². The Morgan fingerprint density at radius 2 is 1.88 bits per heavy atom. The molecule has 92 valence electrons. The highest BCUT2D eigenvalue weighted by Crippen LogP contribution is 2.44. The molecule has 1 amide bonds. The molecule has 17 heavy (non-hydrogen) atoms. The van der Waals surface area contributed by atoms with Gasteiger partial charge in [0.15, 0.2) is 0 Å². The van der Waals surface area contributed by atoms with Gasteiger partial charge in [0.1, 0.15) is 5.41 Å². The molecule has 1 heterocycles. The van der Waals surface area contributed by atoms with Gasteiger partial charge in [-0.2, -0.15) is 5.06 Å². The van der Waals surface area contributed by atoms with E-state index in [2.05, 4.69) is 0 Å². The lowest BCUT2D eigenvalue weighted by atomic mass is 9.84. The summed E-state index contributed by atoms with van der Waals surface area (Å²) < 4.78 is 0. The maximum Gasteiger partial charge on any atom is 0.262 e. The summed E-state index contributed by atoms with van der Waals surface area (Å²) in [6, 6.07) is 6.83. The summed E-state index contributed by atoms with van der Waals surface area (Å²) in [5, 5.41) is 11.5. The van der Waals surface area contributed by atoms with Gasteiger partial charge >= 0.3 is 0 Å². The maximum atomic E-state index is 12.2. The van der Waals surface area contributed by atoms with Crippen LogP contribution in [-0.2, 0) is 9.63 Å². The second-order valence-corrected chi connectivity index (χ2v) is 5.16. The zero-order valence-corrected chi connectivity index (χ0v) is 10.7. The smallest absolute Gasteiger partial charge is 0.262 e. The largest absolute Gasteiger partial charge is 0.363 e. The monoisotopic (exact) mass is 255 g/mol. The van der Waals surface area contributed by atoms with Crippen LogP contribution < -0.4 is 5.06 Å². The first-order valence-corrected chi connectivity index (χ1v) is 5.66. The molecule has 1 aromatic rings. The lowest BCUT2D eigenvalue weighted by molar-refractivity contribution is -0.209. The molecule has 1 N–H and O–H groups in total. The van der Waals surface area contributed by atoms with Crippen molar-refractivity contribution in [2.45, 2.75) is 26.6 Å². The zero-order chi connectivity index (χ0) is 12.8. The number of carbonyl (C=O) groups excluding carboxylic acids is 1. The molecule has 1 aliphatic heterocycles. The Morgan fingerprint density at radius 3 is 2.35 bits per heavy atom. The van der Waals surface area contributed by atoms with Crippen LogP contribution in [-0.4, -0.2) is 16.8 Å². The Kier molecular flexibility index (Phi) is 2.69. The first-order chi connectivity index (χ1) is 7.77. The Hall–Kier alpha value is -1.10. The lowest BCUT2D eigenvalue weighted by Crippen LogP contribution is -2.41. The van der Waals surface area contributed by atoms with Gasteiger partial charge in [0, 0.05) is 0 Å². The van der Waals surface area contributed by atoms with Crippen LogP contribution in [0.5, 0.6) is 0 Å². The Bertz CT molecular complexity index is 471. The minimum Gasteiger partial charge on any atom is -0.363 e. The number of amides is 1. The summed E-state index contributed by atoms with van der Waals surface area (Å²) in [6.07, 6.45) is 0. The van der Waals surface area contributed by atoms with E-state index in [1.807, 2.05) is 0 Å². The number of aliphatic hydroxyl groups is 1. The molecule has 0 aliphatic carbocycles. The van der Waals surface area contributed by atoms with E-state index in [0.29, 0.717) is 10.7 Å². The molecule has 1 saturated heterocycles. The van der Waals surface area contributed by atoms with Gasteiger partial charge in [0.05, 0.1) is 10.7 Å². The van der Waals surface area contributed by atoms with E-state index in [-0.39, 0.29) is 5.91 Å². The highest BCUT2D eigenvalue weighted by molar-refractivity contribution is 6.33. The molecule has 4 nitrogen and oxygen atoms in total. The molecular formula is C12H14ClNO3. The van der Waals surface area contributed by atoms with E-state index in [0.717, 1.165) is 5.06 Å². The number of carbonyl (C=O) groups is 1. The van der Waals surface area contributed by atoms with Crippen LogP contribution in [0.25, 0.3) is 0 Å². The molecule has 0 aromatic heterocycles. The normalized spacial score (nSPS) is 27.6. The third kappa shape index (κ3) is 1.73. The molecule has 0 saturated carbocycles. The number of hydroxylamine groups is 1. The molecule has 1 aliphatic rings. The maximum absolute atomic E-state index is 12.2. The summed E-state index contributed by atoms with van der Waals surface area (Å²) in [5.41, 5.74) is -0.586. The average Bonchev–Trinajstić information content (AvgIpc) is 2.40. The topological polar surface area (TPSA) is 49.8 Å². The highest BCUT2D eigenvalue weighted by atomic mass is 35.5. The average molecular weight is 256 g/mol. The predicted molar refractivity (Wildman–Crippen MR) is 64.4 cm³/mol. The summed E-state index contributed by atoms with van der Waals surface area (Å²) in [6.45, 7) is 4.72. The molecule has 1 aromatic carbocycles. The number of para-hydroxylation sites is 1. The van der Waals surface area contributed by atoms with Crippen LogP contribution in [0.1, 0.15) is 20.8 Å². The van der Waals surface area contributed by atoms with Gasteiger partial charge in [-0.05, 0) is 32.9 Å². The van der Waals surface area contributed by atoms with Gasteiger partial charge in [-0.1, -0.05) is 23.7 Å². The van der Waals surface area contributed by atoms with Crippen LogP contribution in [0, 0.1) is 5.41 Å². The number of hydrogen-bond donors (Lipinski definition) is 1. The van der Waals surface area contributed by atoms with Crippen molar-refractivity contribution in [3.05, 3.63) is 29.3 Å². The summed E-state index contributed by atoms with van der Waals surface area (Å²) >= 11 is 6.00. The van der Waals surface area contributed by atoms with Crippen molar-refractivity contribution in [1.29, 1.82) is 0 Å². The Balaban J connectivity index is 2.45. The molecule has 1 atom stereocenters. The highest BCUT2D eigenvalue weighted by Gasteiger charge is 2.57. The SMILES string of the molecule is CC1(O)ON(c2ccccc2Cl)C(=O)C1(C)C. The van der Waals surface area contributed by atoms with E-state index in [1.54, 1.807) is 38.1 Å². The minimum atomic E-state index is -1.55. The Labute approximate surface area is 105 Å². The van der Waals surface area contributed by atoms with Crippen LogP contribution in [0.3, 0.4) is 0 Å². The van der Waals surface area contributed by atoms with Gasteiger partial charge in [-0.25, -0.2) is 4.84 Å². The molecule has 0 spiro atoms. The fourth-order valence-electron chi connectivity index (χ4n) is 1.56. The van der Waals surface area contributed by atoms with Gasteiger partial charge in [-0.15, -0.1) is 0 Å². The van der Waals surface area contributed by atoms with Gasteiger partial charge in [-0.3, -0.25) is 4.79 Å². The van der Waals surface area contributed by atoms with Gasteiger partial charge in [0.25, 0.3) is 5.91 Å². The third-order valence-electron chi connectivity index (χ3n) is 3.22. The van der Waals surface area contributed by atoms with Crippen molar-refractivity contribution in [2.24, 2.45) is 5.41 Å². The summed E-state index contributed by atoms with van der Waals surface area (Å²) in [4.78, 5) is 17.5. The lowest BCUT2D eigenvalue weighted by Gasteiger charge is -2.26. The van der Waals surface area contributed by atoms with E-state index in [1.165, 1.54) is 6.92 Å². The third-order valence-corrected chi connectivity index (χ3v) is 3.54. The number of halogens is 1. The summed E-state index contributed by atoms with van der Waals surface area (Å²) in [7, 11) is 0. The van der Waals surface area contributed by atoms with Gasteiger partial charge in [0.2, 0.25) is 5.79 Å². The van der Waals surface area contributed by atoms with Crippen molar-refractivity contribution in [3.8, 4) is 0 Å². The second kappa shape index (κ2) is 3.70. The molecule has 2 rings (SSSR count). The van der Waals surface area contributed by atoms with Crippen molar-refractivity contribution in [3.63, 3.8) is 0 Å². The number of benzene rings is 1. The zero-order valence-electron chi connectivity index (χ0n) is 9.90. The predicted octanol–water partition coefficient (Wildman–Crippen LogP) is 2.35. The molecule has 1 fully saturated rings. The first kappa shape index (κ1) is 12.4. The molecule has 0 radical (unpaired) electrons. The standard InChI is InChI=1S/C12H14ClNO3/c1-11(2)10(15)14(17-12(11,3)16)9-7-5-4-6-8(9)13/h4-7,16H,1-3H3. The quantitative estimate of drug-likeness (QED) is 0.838. The second-order valence-electron chi connectivity index (χ2n) is 4.75. The fraction of sp³-hybridized carbons (Fsp3) is 0.417. The minimum absolute atomic E-state index is 0.324. The number of anilines is 1. The van der Waals surface area contributed by atoms with Gasteiger partial charge < -0.3 is 5.11 Å².